The number of carbonyl (C=O) groups is 2. The zero-order valence-corrected chi connectivity index (χ0v) is 14.3. The van der Waals surface area contributed by atoms with Crippen molar-refractivity contribution in [1.29, 1.82) is 0 Å². The highest BCUT2D eigenvalue weighted by molar-refractivity contribution is 5.99. The van der Waals surface area contributed by atoms with Crippen LogP contribution in [0.5, 0.6) is 5.75 Å². The monoisotopic (exact) mass is 338 g/mol. The second-order valence-corrected chi connectivity index (χ2v) is 6.05. The summed E-state index contributed by atoms with van der Waals surface area (Å²) in [6.07, 6.45) is 2.37. The van der Waals surface area contributed by atoms with Gasteiger partial charge >= 0.3 is 0 Å². The molecule has 0 atom stereocenters. The van der Waals surface area contributed by atoms with Gasteiger partial charge < -0.3 is 15.0 Å². The summed E-state index contributed by atoms with van der Waals surface area (Å²) in [4.78, 5) is 25.9. The van der Waals surface area contributed by atoms with Crippen LogP contribution in [-0.4, -0.2) is 25.0 Å². The normalized spacial score (nSPS) is 13.2. The van der Waals surface area contributed by atoms with Gasteiger partial charge in [0.15, 0.2) is 6.61 Å². The van der Waals surface area contributed by atoms with E-state index in [9.17, 15) is 9.59 Å². The van der Waals surface area contributed by atoms with Crippen LogP contribution in [0, 0.1) is 0 Å². The topological polar surface area (TPSA) is 58.6 Å². The Kier molecular flexibility index (Phi) is 5.33. The van der Waals surface area contributed by atoms with Crippen LogP contribution in [0.3, 0.4) is 0 Å². The molecule has 0 spiro atoms. The minimum Gasteiger partial charge on any atom is -0.482 e. The van der Waals surface area contributed by atoms with Crippen LogP contribution in [-0.2, 0) is 16.0 Å². The van der Waals surface area contributed by atoms with Gasteiger partial charge in [-0.25, -0.2) is 0 Å². The number of para-hydroxylation sites is 2. The Hall–Kier alpha value is -2.82. The third kappa shape index (κ3) is 4.18. The SMILES string of the molecule is CCCc1ccc(NC(=O)CCN2C(=O)COc3ccccc32)cc1. The Labute approximate surface area is 147 Å². The van der Waals surface area contributed by atoms with Gasteiger partial charge in [-0.2, -0.15) is 0 Å². The summed E-state index contributed by atoms with van der Waals surface area (Å²) < 4.78 is 5.41. The molecule has 2 aromatic rings. The molecule has 1 N–H and O–H groups in total. The van der Waals surface area contributed by atoms with E-state index in [0.29, 0.717) is 12.3 Å². The molecule has 0 radical (unpaired) electrons. The lowest BCUT2D eigenvalue weighted by Crippen LogP contribution is -2.40. The second-order valence-electron chi connectivity index (χ2n) is 6.05. The minimum absolute atomic E-state index is 0.0114. The van der Waals surface area contributed by atoms with Crippen LogP contribution in [0.25, 0.3) is 0 Å². The number of aryl methyl sites for hydroxylation is 1. The van der Waals surface area contributed by atoms with Gasteiger partial charge in [-0.05, 0) is 36.2 Å². The van der Waals surface area contributed by atoms with E-state index in [1.807, 2.05) is 48.5 Å². The van der Waals surface area contributed by atoms with Gasteiger partial charge in [0.1, 0.15) is 5.75 Å². The molecule has 0 bridgehead atoms. The van der Waals surface area contributed by atoms with Gasteiger partial charge in [0.25, 0.3) is 5.91 Å². The number of fused-ring (bicyclic) bond motifs is 1. The Balaban J connectivity index is 1.58. The fourth-order valence-corrected chi connectivity index (χ4v) is 2.88. The lowest BCUT2D eigenvalue weighted by molar-refractivity contribution is -0.121. The summed E-state index contributed by atoms with van der Waals surface area (Å²) in [5, 5.41) is 2.88. The summed E-state index contributed by atoms with van der Waals surface area (Å²) in [5.41, 5.74) is 2.75. The van der Waals surface area contributed by atoms with E-state index in [1.54, 1.807) is 4.90 Å². The van der Waals surface area contributed by atoms with Crippen LogP contribution in [0.1, 0.15) is 25.3 Å². The van der Waals surface area contributed by atoms with E-state index >= 15 is 0 Å². The molecule has 0 aliphatic carbocycles. The molecular formula is C20H22N2O3. The summed E-state index contributed by atoms with van der Waals surface area (Å²) >= 11 is 0. The van der Waals surface area contributed by atoms with Gasteiger partial charge in [-0.15, -0.1) is 0 Å². The van der Waals surface area contributed by atoms with E-state index < -0.39 is 0 Å². The smallest absolute Gasteiger partial charge is 0.265 e. The molecule has 1 aliphatic heterocycles. The van der Waals surface area contributed by atoms with Gasteiger partial charge in [0.2, 0.25) is 5.91 Å². The van der Waals surface area contributed by atoms with Crippen molar-refractivity contribution in [3.05, 3.63) is 54.1 Å². The molecular weight excluding hydrogens is 316 g/mol. The molecule has 1 heterocycles. The van der Waals surface area contributed by atoms with E-state index in [0.717, 1.165) is 24.2 Å². The summed E-state index contributed by atoms with van der Waals surface area (Å²) in [5.74, 6) is 0.435. The van der Waals surface area contributed by atoms with Crippen LogP contribution in [0.2, 0.25) is 0 Å². The molecule has 0 fully saturated rings. The van der Waals surface area contributed by atoms with Crippen LogP contribution >= 0.6 is 0 Å². The number of hydrogen-bond acceptors (Lipinski definition) is 3. The summed E-state index contributed by atoms with van der Waals surface area (Å²) in [6.45, 7) is 2.48. The quantitative estimate of drug-likeness (QED) is 0.878. The maximum Gasteiger partial charge on any atom is 0.265 e. The molecule has 5 nitrogen and oxygen atoms in total. The zero-order chi connectivity index (χ0) is 17.6. The van der Waals surface area contributed by atoms with Crippen LogP contribution in [0.15, 0.2) is 48.5 Å². The first-order valence-corrected chi connectivity index (χ1v) is 8.58. The first kappa shape index (κ1) is 17.0. The lowest BCUT2D eigenvalue weighted by Gasteiger charge is -2.29. The summed E-state index contributed by atoms with van der Waals surface area (Å²) in [7, 11) is 0. The number of rotatable bonds is 6. The van der Waals surface area contributed by atoms with Crippen molar-refractivity contribution in [2.45, 2.75) is 26.2 Å². The van der Waals surface area contributed by atoms with Crippen molar-refractivity contribution < 1.29 is 14.3 Å². The maximum absolute atomic E-state index is 12.2. The molecule has 5 heteroatoms. The molecule has 3 rings (SSSR count). The molecule has 0 saturated heterocycles. The van der Waals surface area contributed by atoms with Crippen LogP contribution in [0.4, 0.5) is 11.4 Å². The largest absolute Gasteiger partial charge is 0.482 e. The predicted molar refractivity (Wildman–Crippen MR) is 98.0 cm³/mol. The molecule has 130 valence electrons. The highest BCUT2D eigenvalue weighted by Gasteiger charge is 2.25. The molecule has 25 heavy (non-hydrogen) atoms. The Morgan fingerprint density at radius 1 is 1.16 bits per heavy atom. The predicted octanol–water partition coefficient (Wildman–Crippen LogP) is 3.39. The summed E-state index contributed by atoms with van der Waals surface area (Å²) in [6, 6.07) is 15.3. The molecule has 2 amide bonds. The van der Waals surface area contributed by atoms with Crippen molar-refractivity contribution in [2.24, 2.45) is 0 Å². The Bertz CT molecular complexity index is 756. The molecule has 0 aromatic heterocycles. The molecule has 2 aromatic carbocycles. The van der Waals surface area contributed by atoms with Crippen LogP contribution < -0.4 is 15.0 Å². The molecule has 0 unspecified atom stereocenters. The number of benzene rings is 2. The average molecular weight is 338 g/mol. The average Bonchev–Trinajstić information content (AvgIpc) is 2.63. The first-order valence-electron chi connectivity index (χ1n) is 8.58. The van der Waals surface area contributed by atoms with Gasteiger partial charge in [0, 0.05) is 18.7 Å². The highest BCUT2D eigenvalue weighted by Crippen LogP contribution is 2.31. The van der Waals surface area contributed by atoms with E-state index in [1.165, 1.54) is 5.56 Å². The number of nitrogens with one attached hydrogen (secondary N) is 1. The fraction of sp³-hybridized carbons (Fsp3) is 0.300. The number of carbonyl (C=O) groups excluding carboxylic acids is 2. The minimum atomic E-state index is -0.129. The van der Waals surface area contributed by atoms with E-state index in [2.05, 4.69) is 12.2 Å². The third-order valence-electron chi connectivity index (χ3n) is 4.15. The van der Waals surface area contributed by atoms with Gasteiger partial charge in [0.05, 0.1) is 5.69 Å². The molecule has 1 aliphatic rings. The zero-order valence-electron chi connectivity index (χ0n) is 14.3. The van der Waals surface area contributed by atoms with E-state index in [4.69, 9.17) is 4.74 Å². The number of ether oxygens (including phenoxy) is 1. The fourth-order valence-electron chi connectivity index (χ4n) is 2.88. The third-order valence-corrected chi connectivity index (χ3v) is 4.15. The number of nitrogens with zero attached hydrogens (tertiary/aromatic N) is 1. The van der Waals surface area contributed by atoms with Crippen molar-refractivity contribution in [1.82, 2.24) is 0 Å². The van der Waals surface area contributed by atoms with Crippen molar-refractivity contribution in [3.63, 3.8) is 0 Å². The number of anilines is 2. The lowest BCUT2D eigenvalue weighted by atomic mass is 10.1. The van der Waals surface area contributed by atoms with Gasteiger partial charge in [-0.1, -0.05) is 37.6 Å². The standard InChI is InChI=1S/C20H22N2O3/c1-2-5-15-8-10-16(11-9-15)21-19(23)12-13-22-17-6-3-4-7-18(17)25-14-20(22)24/h3-4,6-11H,2,5,12-14H2,1H3,(H,21,23). The molecule has 0 saturated carbocycles. The first-order chi connectivity index (χ1) is 12.2. The number of hydrogen-bond donors (Lipinski definition) is 1. The number of amides is 2. The van der Waals surface area contributed by atoms with Crippen molar-refractivity contribution >= 4 is 23.2 Å². The Morgan fingerprint density at radius 3 is 2.68 bits per heavy atom. The second kappa shape index (κ2) is 7.83. The Morgan fingerprint density at radius 2 is 1.92 bits per heavy atom. The maximum atomic E-state index is 12.2. The van der Waals surface area contributed by atoms with Gasteiger partial charge in [-0.3, -0.25) is 9.59 Å². The van der Waals surface area contributed by atoms with Crippen molar-refractivity contribution in [2.75, 3.05) is 23.4 Å². The van der Waals surface area contributed by atoms with Crippen molar-refractivity contribution in [3.8, 4) is 5.75 Å². The van der Waals surface area contributed by atoms with E-state index in [-0.39, 0.29) is 24.8 Å². The highest BCUT2D eigenvalue weighted by atomic mass is 16.5.